The van der Waals surface area contributed by atoms with E-state index in [-0.39, 0.29) is 6.61 Å². The van der Waals surface area contributed by atoms with Crippen LogP contribution in [0.2, 0.25) is 0 Å². The van der Waals surface area contributed by atoms with E-state index in [1.165, 1.54) is 30.4 Å². The molecule has 0 saturated carbocycles. The quantitative estimate of drug-likeness (QED) is 0.627. The van der Waals surface area contributed by atoms with Crippen LogP contribution in [0, 0.1) is 5.82 Å². The molecule has 1 rings (SSSR count). The zero-order chi connectivity index (χ0) is 12.0. The van der Waals surface area contributed by atoms with Gasteiger partial charge in [0.15, 0.2) is 0 Å². The summed E-state index contributed by atoms with van der Waals surface area (Å²) in [5.41, 5.74) is 1.03. The van der Waals surface area contributed by atoms with E-state index in [4.69, 9.17) is 5.11 Å². The third kappa shape index (κ3) is 3.47. The first-order valence-electron chi connectivity index (χ1n) is 4.91. The van der Waals surface area contributed by atoms with Crippen LogP contribution < -0.4 is 0 Å². The molecule has 0 amide bonds. The van der Waals surface area contributed by atoms with Gasteiger partial charge in [-0.15, -0.1) is 0 Å². The minimum absolute atomic E-state index is 0.206. The van der Waals surface area contributed by atoms with Crippen LogP contribution in [0.1, 0.15) is 18.1 Å². The first-order chi connectivity index (χ1) is 7.67. The van der Waals surface area contributed by atoms with Gasteiger partial charge in [-0.05, 0) is 36.3 Å². The largest absolute Gasteiger partial charge is 0.463 e. The molecule has 0 aliphatic carbocycles. The molecule has 86 valence electrons. The standard InChI is InChI=1S/C12H13FO3/c1-2-16-12(15)6-4-9-7-11(13)5-3-10(9)8-14/h3-7,14H,2,8H2,1H3. The fourth-order valence-electron chi connectivity index (χ4n) is 1.21. The van der Waals surface area contributed by atoms with Crippen LogP contribution in [0.3, 0.4) is 0 Å². The summed E-state index contributed by atoms with van der Waals surface area (Å²) in [6.07, 6.45) is 2.63. The molecule has 0 saturated heterocycles. The summed E-state index contributed by atoms with van der Waals surface area (Å²) >= 11 is 0. The van der Waals surface area contributed by atoms with Gasteiger partial charge in [0.05, 0.1) is 13.2 Å². The Balaban J connectivity index is 2.86. The molecule has 1 aromatic carbocycles. The summed E-state index contributed by atoms with van der Waals surface area (Å²) in [4.78, 5) is 11.0. The molecule has 1 aromatic rings. The molecular weight excluding hydrogens is 211 g/mol. The number of hydrogen-bond acceptors (Lipinski definition) is 3. The first-order valence-corrected chi connectivity index (χ1v) is 4.91. The van der Waals surface area contributed by atoms with Crippen molar-refractivity contribution in [2.24, 2.45) is 0 Å². The van der Waals surface area contributed by atoms with Gasteiger partial charge in [0.25, 0.3) is 0 Å². The maximum atomic E-state index is 12.9. The molecule has 1 N–H and O–H groups in total. The Morgan fingerprint density at radius 3 is 2.94 bits per heavy atom. The normalized spacial score (nSPS) is 10.7. The molecule has 16 heavy (non-hydrogen) atoms. The number of aliphatic hydroxyl groups is 1. The summed E-state index contributed by atoms with van der Waals surface area (Å²) in [5.74, 6) is -0.906. The topological polar surface area (TPSA) is 46.5 Å². The maximum absolute atomic E-state index is 12.9. The summed E-state index contributed by atoms with van der Waals surface area (Å²) in [7, 11) is 0. The van der Waals surface area contributed by atoms with Gasteiger partial charge in [-0.25, -0.2) is 9.18 Å². The summed E-state index contributed by atoms with van der Waals surface area (Å²) in [6, 6.07) is 3.98. The van der Waals surface area contributed by atoms with Crippen molar-refractivity contribution >= 4 is 12.0 Å². The Labute approximate surface area is 93.2 Å². The molecular formula is C12H13FO3. The number of carbonyl (C=O) groups is 1. The van der Waals surface area contributed by atoms with Gasteiger partial charge < -0.3 is 9.84 Å². The van der Waals surface area contributed by atoms with Crippen LogP contribution in [0.4, 0.5) is 4.39 Å². The molecule has 0 spiro atoms. The third-order valence-electron chi connectivity index (χ3n) is 1.96. The summed E-state index contributed by atoms with van der Waals surface area (Å²) < 4.78 is 17.6. The third-order valence-corrected chi connectivity index (χ3v) is 1.96. The number of hydrogen-bond donors (Lipinski definition) is 1. The lowest BCUT2D eigenvalue weighted by Crippen LogP contribution is -1.99. The Kier molecular flexibility index (Phi) is 4.66. The molecule has 3 nitrogen and oxygen atoms in total. The van der Waals surface area contributed by atoms with Gasteiger partial charge >= 0.3 is 5.97 Å². The minimum atomic E-state index is -0.490. The van der Waals surface area contributed by atoms with E-state index in [0.29, 0.717) is 17.7 Å². The Bertz CT molecular complexity index is 399. The zero-order valence-corrected chi connectivity index (χ0v) is 8.94. The predicted molar refractivity (Wildman–Crippen MR) is 58.0 cm³/mol. The van der Waals surface area contributed by atoms with Crippen LogP contribution in [-0.2, 0) is 16.1 Å². The second-order valence-corrected chi connectivity index (χ2v) is 3.09. The van der Waals surface area contributed by atoms with Crippen LogP contribution >= 0.6 is 0 Å². The highest BCUT2D eigenvalue weighted by Gasteiger charge is 2.01. The zero-order valence-electron chi connectivity index (χ0n) is 8.94. The smallest absolute Gasteiger partial charge is 0.330 e. The number of carbonyl (C=O) groups excluding carboxylic acids is 1. The number of ether oxygens (including phenoxy) is 1. The van der Waals surface area contributed by atoms with E-state index in [0.717, 1.165) is 0 Å². The number of benzene rings is 1. The van der Waals surface area contributed by atoms with E-state index in [1.54, 1.807) is 6.92 Å². The molecule has 0 aliphatic rings. The summed E-state index contributed by atoms with van der Waals surface area (Å²) in [5, 5.41) is 9.01. The van der Waals surface area contributed by atoms with Gasteiger partial charge in [0.2, 0.25) is 0 Å². The average molecular weight is 224 g/mol. The van der Waals surface area contributed by atoms with E-state index >= 15 is 0 Å². The molecule has 0 bridgehead atoms. The Morgan fingerprint density at radius 2 is 2.31 bits per heavy atom. The lowest BCUT2D eigenvalue weighted by molar-refractivity contribution is -0.137. The van der Waals surface area contributed by atoms with Crippen molar-refractivity contribution in [1.29, 1.82) is 0 Å². The van der Waals surface area contributed by atoms with Crippen molar-refractivity contribution in [3.8, 4) is 0 Å². The molecule has 0 radical (unpaired) electrons. The highest BCUT2D eigenvalue weighted by molar-refractivity contribution is 5.87. The minimum Gasteiger partial charge on any atom is -0.463 e. The van der Waals surface area contributed by atoms with Gasteiger partial charge in [-0.1, -0.05) is 6.07 Å². The number of esters is 1. The first kappa shape index (κ1) is 12.4. The average Bonchev–Trinajstić information content (AvgIpc) is 2.27. The SMILES string of the molecule is CCOC(=O)C=Cc1cc(F)ccc1CO. The molecule has 0 aliphatic heterocycles. The molecule has 0 unspecified atom stereocenters. The molecule has 0 aromatic heterocycles. The van der Waals surface area contributed by atoms with Crippen molar-refractivity contribution < 1.29 is 19.0 Å². The number of halogens is 1. The monoisotopic (exact) mass is 224 g/mol. The highest BCUT2D eigenvalue weighted by Crippen LogP contribution is 2.13. The van der Waals surface area contributed by atoms with Gasteiger partial charge in [0, 0.05) is 6.08 Å². The predicted octanol–water partition coefficient (Wildman–Crippen LogP) is 1.89. The van der Waals surface area contributed by atoms with Crippen LogP contribution in [0.25, 0.3) is 6.08 Å². The van der Waals surface area contributed by atoms with E-state index in [9.17, 15) is 9.18 Å². The van der Waals surface area contributed by atoms with Gasteiger partial charge in [-0.3, -0.25) is 0 Å². The van der Waals surface area contributed by atoms with Crippen LogP contribution in [0.5, 0.6) is 0 Å². The number of rotatable bonds is 4. The van der Waals surface area contributed by atoms with Gasteiger partial charge in [0.1, 0.15) is 5.82 Å². The van der Waals surface area contributed by atoms with E-state index < -0.39 is 11.8 Å². The number of aliphatic hydroxyl groups excluding tert-OH is 1. The van der Waals surface area contributed by atoms with E-state index in [2.05, 4.69) is 4.74 Å². The lowest BCUT2D eigenvalue weighted by Gasteiger charge is -2.02. The Morgan fingerprint density at radius 1 is 1.56 bits per heavy atom. The van der Waals surface area contributed by atoms with Crippen molar-refractivity contribution in [1.82, 2.24) is 0 Å². The van der Waals surface area contributed by atoms with Crippen LogP contribution in [-0.4, -0.2) is 17.7 Å². The van der Waals surface area contributed by atoms with Crippen molar-refractivity contribution in [2.75, 3.05) is 6.61 Å². The second kappa shape index (κ2) is 6.02. The maximum Gasteiger partial charge on any atom is 0.330 e. The van der Waals surface area contributed by atoms with Crippen molar-refractivity contribution in [2.45, 2.75) is 13.5 Å². The fourth-order valence-corrected chi connectivity index (χ4v) is 1.21. The van der Waals surface area contributed by atoms with Crippen molar-refractivity contribution in [3.05, 3.63) is 41.2 Å². The lowest BCUT2D eigenvalue weighted by atomic mass is 10.1. The Hall–Kier alpha value is -1.68. The fraction of sp³-hybridized carbons (Fsp3) is 0.250. The second-order valence-electron chi connectivity index (χ2n) is 3.09. The molecule has 0 fully saturated rings. The molecule has 0 heterocycles. The highest BCUT2D eigenvalue weighted by atomic mass is 19.1. The summed E-state index contributed by atoms with van der Waals surface area (Å²) in [6.45, 7) is 1.79. The van der Waals surface area contributed by atoms with E-state index in [1.807, 2.05) is 0 Å². The van der Waals surface area contributed by atoms with Crippen LogP contribution in [0.15, 0.2) is 24.3 Å². The van der Waals surface area contributed by atoms with Gasteiger partial charge in [-0.2, -0.15) is 0 Å². The van der Waals surface area contributed by atoms with Crippen molar-refractivity contribution in [3.63, 3.8) is 0 Å². The molecule has 4 heteroatoms. The molecule has 0 atom stereocenters.